The van der Waals surface area contributed by atoms with Crippen LogP contribution in [0.4, 0.5) is 0 Å². The first-order chi connectivity index (χ1) is 10.7. The van der Waals surface area contributed by atoms with Crippen molar-refractivity contribution in [2.45, 2.75) is 13.5 Å². The lowest BCUT2D eigenvalue weighted by molar-refractivity contribution is 0.306. The van der Waals surface area contributed by atoms with Gasteiger partial charge < -0.3 is 13.9 Å². The highest BCUT2D eigenvalue weighted by atomic mass is 16.5. The molecule has 0 fully saturated rings. The normalized spacial score (nSPS) is 10.6. The Balaban J connectivity index is 1.94. The van der Waals surface area contributed by atoms with Crippen LogP contribution in [-0.4, -0.2) is 7.11 Å². The van der Waals surface area contributed by atoms with Crippen molar-refractivity contribution in [1.82, 2.24) is 0 Å². The molecule has 0 spiro atoms. The lowest BCUT2D eigenvalue weighted by Gasteiger charge is -2.09. The van der Waals surface area contributed by atoms with Crippen LogP contribution in [0.5, 0.6) is 11.5 Å². The molecule has 0 unspecified atom stereocenters. The van der Waals surface area contributed by atoms with Gasteiger partial charge in [-0.25, -0.2) is 4.79 Å². The summed E-state index contributed by atoms with van der Waals surface area (Å²) in [7, 11) is 1.60. The van der Waals surface area contributed by atoms with Gasteiger partial charge in [0.15, 0.2) is 0 Å². The minimum atomic E-state index is -0.389. The van der Waals surface area contributed by atoms with E-state index in [0.29, 0.717) is 17.9 Å². The van der Waals surface area contributed by atoms with E-state index in [1.165, 1.54) is 11.6 Å². The zero-order valence-electron chi connectivity index (χ0n) is 12.5. The molecule has 0 aliphatic rings. The van der Waals surface area contributed by atoms with Gasteiger partial charge in [-0.1, -0.05) is 17.7 Å². The molecule has 0 radical (unpaired) electrons. The number of hydrogen-bond donors (Lipinski definition) is 0. The fourth-order valence-electron chi connectivity index (χ4n) is 2.25. The van der Waals surface area contributed by atoms with Crippen LogP contribution in [0.3, 0.4) is 0 Å². The van der Waals surface area contributed by atoms with Gasteiger partial charge in [-0.05, 0) is 37.3 Å². The molecule has 1 heterocycles. The molecule has 0 atom stereocenters. The minimum absolute atomic E-state index is 0.290. The molecule has 0 bridgehead atoms. The van der Waals surface area contributed by atoms with Crippen molar-refractivity contribution in [2.24, 2.45) is 0 Å². The van der Waals surface area contributed by atoms with Crippen molar-refractivity contribution in [3.05, 3.63) is 70.1 Å². The third kappa shape index (κ3) is 2.96. The van der Waals surface area contributed by atoms with Crippen molar-refractivity contribution < 1.29 is 13.9 Å². The number of rotatable bonds is 4. The minimum Gasteiger partial charge on any atom is -0.497 e. The van der Waals surface area contributed by atoms with E-state index >= 15 is 0 Å². The van der Waals surface area contributed by atoms with Gasteiger partial charge >= 0.3 is 5.63 Å². The van der Waals surface area contributed by atoms with Crippen molar-refractivity contribution in [3.63, 3.8) is 0 Å². The molecule has 4 nitrogen and oxygen atoms in total. The zero-order chi connectivity index (χ0) is 15.5. The van der Waals surface area contributed by atoms with Gasteiger partial charge in [0.25, 0.3) is 0 Å². The summed E-state index contributed by atoms with van der Waals surface area (Å²) in [6.07, 6.45) is 0. The molecule has 0 amide bonds. The van der Waals surface area contributed by atoms with E-state index in [4.69, 9.17) is 13.9 Å². The average molecular weight is 296 g/mol. The Labute approximate surface area is 127 Å². The lowest BCUT2D eigenvalue weighted by atomic mass is 10.1. The number of benzene rings is 2. The molecule has 0 N–H and O–H groups in total. The first kappa shape index (κ1) is 14.2. The number of ether oxygens (including phenoxy) is 2. The molecule has 3 rings (SSSR count). The molecular weight excluding hydrogens is 280 g/mol. The van der Waals surface area contributed by atoms with Crippen LogP contribution < -0.4 is 15.1 Å². The van der Waals surface area contributed by atoms with Gasteiger partial charge in [-0.3, -0.25) is 0 Å². The topological polar surface area (TPSA) is 48.7 Å². The third-order valence-electron chi connectivity index (χ3n) is 3.45. The molecule has 22 heavy (non-hydrogen) atoms. The van der Waals surface area contributed by atoms with Crippen LogP contribution in [0.25, 0.3) is 11.0 Å². The van der Waals surface area contributed by atoms with E-state index < -0.39 is 0 Å². The van der Waals surface area contributed by atoms with E-state index in [9.17, 15) is 4.79 Å². The molecule has 2 aromatic carbocycles. The second-order valence-corrected chi connectivity index (χ2v) is 5.05. The summed E-state index contributed by atoms with van der Waals surface area (Å²) >= 11 is 0. The summed E-state index contributed by atoms with van der Waals surface area (Å²) in [6, 6.07) is 14.6. The predicted molar refractivity (Wildman–Crippen MR) is 84.5 cm³/mol. The average Bonchev–Trinajstić information content (AvgIpc) is 2.53. The summed E-state index contributed by atoms with van der Waals surface area (Å²) in [5, 5.41) is 0.811. The quantitative estimate of drug-likeness (QED) is 0.689. The molecule has 0 saturated carbocycles. The Morgan fingerprint density at radius 1 is 1.00 bits per heavy atom. The van der Waals surface area contributed by atoms with Crippen LogP contribution in [0.1, 0.15) is 11.1 Å². The monoisotopic (exact) mass is 296 g/mol. The molecule has 0 aliphatic carbocycles. The van der Waals surface area contributed by atoms with Crippen LogP contribution in [-0.2, 0) is 6.61 Å². The molecule has 3 aromatic rings. The van der Waals surface area contributed by atoms with E-state index in [-0.39, 0.29) is 5.63 Å². The predicted octanol–water partition coefficient (Wildman–Crippen LogP) is 3.69. The molecule has 0 saturated heterocycles. The fraction of sp³-hybridized carbons (Fsp3) is 0.167. The summed E-state index contributed by atoms with van der Waals surface area (Å²) < 4.78 is 16.2. The van der Waals surface area contributed by atoms with Crippen LogP contribution in [0, 0.1) is 6.92 Å². The van der Waals surface area contributed by atoms with E-state index in [1.807, 2.05) is 37.3 Å². The maximum absolute atomic E-state index is 11.7. The van der Waals surface area contributed by atoms with E-state index in [2.05, 4.69) is 0 Å². The first-order valence-electron chi connectivity index (χ1n) is 6.96. The highest BCUT2D eigenvalue weighted by Crippen LogP contribution is 2.24. The van der Waals surface area contributed by atoms with E-state index in [1.54, 1.807) is 19.2 Å². The van der Waals surface area contributed by atoms with Gasteiger partial charge in [0.05, 0.1) is 7.11 Å². The second kappa shape index (κ2) is 5.93. The van der Waals surface area contributed by atoms with Gasteiger partial charge in [-0.15, -0.1) is 0 Å². The standard InChI is InChI=1S/C18H16O4/c1-12-3-5-14(6-4-12)21-11-13-9-18(19)22-17-8-7-15(20-2)10-16(13)17/h3-10H,11H2,1-2H3. The van der Waals surface area contributed by atoms with Crippen molar-refractivity contribution in [1.29, 1.82) is 0 Å². The highest BCUT2D eigenvalue weighted by Gasteiger charge is 2.08. The highest BCUT2D eigenvalue weighted by molar-refractivity contribution is 5.81. The first-order valence-corrected chi connectivity index (χ1v) is 6.96. The summed E-state index contributed by atoms with van der Waals surface area (Å²) in [6.45, 7) is 2.31. The second-order valence-electron chi connectivity index (χ2n) is 5.05. The van der Waals surface area contributed by atoms with Crippen LogP contribution in [0.15, 0.2) is 57.7 Å². The number of hydrogen-bond acceptors (Lipinski definition) is 4. The van der Waals surface area contributed by atoms with E-state index in [0.717, 1.165) is 16.7 Å². The smallest absolute Gasteiger partial charge is 0.336 e. The number of aryl methyl sites for hydroxylation is 1. The molecule has 4 heteroatoms. The molecular formula is C18H16O4. The van der Waals surface area contributed by atoms with Gasteiger partial charge in [0.1, 0.15) is 23.7 Å². The van der Waals surface area contributed by atoms with Crippen molar-refractivity contribution >= 4 is 11.0 Å². The zero-order valence-corrected chi connectivity index (χ0v) is 12.5. The Morgan fingerprint density at radius 3 is 2.45 bits per heavy atom. The van der Waals surface area contributed by atoms with Gasteiger partial charge in [-0.2, -0.15) is 0 Å². The number of methoxy groups -OCH3 is 1. The molecule has 112 valence electrons. The summed E-state index contributed by atoms with van der Waals surface area (Å²) in [5.41, 5.74) is 2.07. The van der Waals surface area contributed by atoms with Crippen LogP contribution in [0.2, 0.25) is 0 Å². The lowest BCUT2D eigenvalue weighted by Crippen LogP contribution is -2.04. The Morgan fingerprint density at radius 2 is 1.73 bits per heavy atom. The molecule has 0 aliphatic heterocycles. The third-order valence-corrected chi connectivity index (χ3v) is 3.45. The maximum Gasteiger partial charge on any atom is 0.336 e. The van der Waals surface area contributed by atoms with Gasteiger partial charge in [0, 0.05) is 17.0 Å². The molecule has 1 aromatic heterocycles. The Hall–Kier alpha value is -2.75. The SMILES string of the molecule is COc1ccc2oc(=O)cc(COc3ccc(C)cc3)c2c1. The maximum atomic E-state index is 11.7. The Kier molecular flexibility index (Phi) is 3.83. The van der Waals surface area contributed by atoms with Gasteiger partial charge in [0.2, 0.25) is 0 Å². The van der Waals surface area contributed by atoms with Crippen molar-refractivity contribution in [3.8, 4) is 11.5 Å². The number of fused-ring (bicyclic) bond motifs is 1. The van der Waals surface area contributed by atoms with Crippen LogP contribution >= 0.6 is 0 Å². The fourth-order valence-corrected chi connectivity index (χ4v) is 2.25. The largest absolute Gasteiger partial charge is 0.497 e. The summed E-state index contributed by atoms with van der Waals surface area (Å²) in [5.74, 6) is 1.47. The Bertz CT molecular complexity index is 847. The van der Waals surface area contributed by atoms with Crippen molar-refractivity contribution in [2.75, 3.05) is 7.11 Å². The summed E-state index contributed by atoms with van der Waals surface area (Å²) in [4.78, 5) is 11.7.